The lowest BCUT2D eigenvalue weighted by atomic mass is 10.0. The molecule has 36 heavy (non-hydrogen) atoms. The van der Waals surface area contributed by atoms with Crippen molar-refractivity contribution in [2.75, 3.05) is 6.54 Å². The van der Waals surface area contributed by atoms with Gasteiger partial charge in [0.15, 0.2) is 0 Å². The number of benzene rings is 1. The van der Waals surface area contributed by atoms with Gasteiger partial charge in [0, 0.05) is 12.8 Å². The molecule has 1 fully saturated rings. The van der Waals surface area contributed by atoms with Crippen molar-refractivity contribution in [2.24, 2.45) is 5.73 Å². The molecule has 1 aromatic carbocycles. The van der Waals surface area contributed by atoms with E-state index in [0.717, 1.165) is 6.42 Å². The number of nitrogens with one attached hydrogen (secondary N) is 4. The molecule has 4 amide bonds. The minimum Gasteiger partial charge on any atom is -0.481 e. The number of carbonyl (C=O) groups excluding carboxylic acids is 4. The fraction of sp³-hybridized carbons (Fsp3) is 0.478. The maximum absolute atomic E-state index is 12.9. The van der Waals surface area contributed by atoms with Crippen molar-refractivity contribution in [1.29, 1.82) is 0 Å². The van der Waals surface area contributed by atoms with Crippen LogP contribution in [-0.2, 0) is 35.2 Å². The fourth-order valence-electron chi connectivity index (χ4n) is 3.72. The third-order valence-corrected chi connectivity index (χ3v) is 5.59. The second-order valence-electron chi connectivity index (χ2n) is 8.46. The van der Waals surface area contributed by atoms with Gasteiger partial charge < -0.3 is 37.2 Å². The zero-order chi connectivity index (χ0) is 26.7. The average molecular weight is 506 g/mol. The van der Waals surface area contributed by atoms with E-state index in [1.54, 1.807) is 30.3 Å². The quantitative estimate of drug-likeness (QED) is 0.152. The number of hydrogen-bond donors (Lipinski definition) is 7. The van der Waals surface area contributed by atoms with Gasteiger partial charge in [-0.2, -0.15) is 0 Å². The number of primary amides is 1. The summed E-state index contributed by atoms with van der Waals surface area (Å²) in [5, 5.41) is 28.6. The fourth-order valence-corrected chi connectivity index (χ4v) is 3.72. The first kappa shape index (κ1) is 28.2. The van der Waals surface area contributed by atoms with E-state index >= 15 is 0 Å². The van der Waals surface area contributed by atoms with Crippen LogP contribution >= 0.6 is 0 Å². The molecule has 0 aromatic heterocycles. The molecule has 0 radical (unpaired) electrons. The largest absolute Gasteiger partial charge is 0.481 e. The van der Waals surface area contributed by atoms with Crippen molar-refractivity contribution in [3.8, 4) is 0 Å². The summed E-state index contributed by atoms with van der Waals surface area (Å²) < 4.78 is 0. The van der Waals surface area contributed by atoms with Gasteiger partial charge >= 0.3 is 11.9 Å². The monoisotopic (exact) mass is 505 g/mol. The molecule has 1 aliphatic heterocycles. The molecule has 4 atom stereocenters. The Bertz CT molecular complexity index is 965. The van der Waals surface area contributed by atoms with Gasteiger partial charge in [-0.15, -0.1) is 0 Å². The molecule has 4 unspecified atom stereocenters. The van der Waals surface area contributed by atoms with Crippen LogP contribution in [0.25, 0.3) is 0 Å². The number of carbonyl (C=O) groups is 6. The molecule has 0 saturated carbocycles. The van der Waals surface area contributed by atoms with Crippen LogP contribution in [0.1, 0.15) is 37.7 Å². The molecular weight excluding hydrogens is 474 g/mol. The van der Waals surface area contributed by atoms with E-state index in [0.29, 0.717) is 18.5 Å². The smallest absolute Gasteiger partial charge is 0.326 e. The number of nitrogens with two attached hydrogens (primary N) is 1. The SMILES string of the molecule is NC(=O)CC(NC(=O)C(CCC(=O)O)NC(=O)C1CCCN1)C(=O)NC(Cc1ccccc1)C(=O)O. The first-order chi connectivity index (χ1) is 17.1. The van der Waals surface area contributed by atoms with Gasteiger partial charge in [-0.1, -0.05) is 30.3 Å². The number of carboxylic acid groups (broad SMARTS) is 2. The molecule has 13 heteroatoms. The van der Waals surface area contributed by atoms with E-state index in [1.165, 1.54) is 0 Å². The summed E-state index contributed by atoms with van der Waals surface area (Å²) in [6, 6.07) is 3.78. The van der Waals surface area contributed by atoms with Gasteiger partial charge in [0.1, 0.15) is 18.1 Å². The molecule has 0 bridgehead atoms. The predicted molar refractivity (Wildman–Crippen MR) is 125 cm³/mol. The summed E-state index contributed by atoms with van der Waals surface area (Å²) in [4.78, 5) is 72.6. The highest BCUT2D eigenvalue weighted by Gasteiger charge is 2.32. The van der Waals surface area contributed by atoms with Gasteiger partial charge in [-0.3, -0.25) is 24.0 Å². The van der Waals surface area contributed by atoms with Gasteiger partial charge in [-0.25, -0.2) is 4.79 Å². The maximum atomic E-state index is 12.9. The van der Waals surface area contributed by atoms with Crippen LogP contribution in [0.4, 0.5) is 0 Å². The Balaban J connectivity index is 2.12. The van der Waals surface area contributed by atoms with Gasteiger partial charge in [0.05, 0.1) is 12.5 Å². The first-order valence-electron chi connectivity index (χ1n) is 11.5. The third kappa shape index (κ3) is 9.33. The molecule has 13 nitrogen and oxygen atoms in total. The van der Waals surface area contributed by atoms with Gasteiger partial charge in [0.2, 0.25) is 23.6 Å². The topological polar surface area (TPSA) is 217 Å². The molecule has 1 aromatic rings. The number of hydrogen-bond acceptors (Lipinski definition) is 7. The summed E-state index contributed by atoms with van der Waals surface area (Å²) in [5.41, 5.74) is 5.85. The van der Waals surface area contributed by atoms with Crippen molar-refractivity contribution in [3.63, 3.8) is 0 Å². The zero-order valence-electron chi connectivity index (χ0n) is 19.6. The molecule has 2 rings (SSSR count). The number of aliphatic carboxylic acids is 2. The van der Waals surface area contributed by atoms with Crippen molar-refractivity contribution in [1.82, 2.24) is 21.3 Å². The van der Waals surface area contributed by atoms with Crippen molar-refractivity contribution >= 4 is 35.6 Å². The Morgan fingerprint density at radius 3 is 2.14 bits per heavy atom. The Morgan fingerprint density at radius 1 is 0.944 bits per heavy atom. The summed E-state index contributed by atoms with van der Waals surface area (Å²) >= 11 is 0. The lowest BCUT2D eigenvalue weighted by Crippen LogP contribution is -2.58. The van der Waals surface area contributed by atoms with E-state index in [1.807, 2.05) is 0 Å². The highest BCUT2D eigenvalue weighted by atomic mass is 16.4. The molecule has 1 aliphatic rings. The van der Waals surface area contributed by atoms with Gasteiger partial charge in [0.25, 0.3) is 0 Å². The van der Waals surface area contributed by atoms with E-state index in [4.69, 9.17) is 10.8 Å². The van der Waals surface area contributed by atoms with Crippen molar-refractivity contribution in [3.05, 3.63) is 35.9 Å². The molecule has 1 saturated heterocycles. The number of carboxylic acids is 2. The van der Waals surface area contributed by atoms with E-state index < -0.39 is 72.6 Å². The van der Waals surface area contributed by atoms with Crippen LogP contribution in [0.3, 0.4) is 0 Å². The van der Waals surface area contributed by atoms with Crippen LogP contribution < -0.4 is 27.0 Å². The zero-order valence-corrected chi connectivity index (χ0v) is 19.6. The van der Waals surface area contributed by atoms with E-state index in [9.17, 15) is 33.9 Å². The van der Waals surface area contributed by atoms with Gasteiger partial charge in [-0.05, 0) is 31.4 Å². The summed E-state index contributed by atoms with van der Waals surface area (Å²) in [7, 11) is 0. The summed E-state index contributed by atoms with van der Waals surface area (Å²) in [6.07, 6.45) is -0.0933. The van der Waals surface area contributed by atoms with Crippen LogP contribution in [0, 0.1) is 0 Å². The second kappa shape index (κ2) is 13.8. The number of amides is 4. The summed E-state index contributed by atoms with van der Waals surface area (Å²) in [6.45, 7) is 0.624. The normalized spacial score (nSPS) is 17.3. The van der Waals surface area contributed by atoms with Crippen LogP contribution in [-0.4, -0.2) is 76.5 Å². The Labute approximate surface area is 207 Å². The van der Waals surface area contributed by atoms with Crippen LogP contribution in [0.15, 0.2) is 30.3 Å². The minimum atomic E-state index is -1.54. The third-order valence-electron chi connectivity index (χ3n) is 5.59. The highest BCUT2D eigenvalue weighted by Crippen LogP contribution is 2.08. The molecule has 0 spiro atoms. The van der Waals surface area contributed by atoms with Crippen LogP contribution in [0.2, 0.25) is 0 Å². The predicted octanol–water partition coefficient (Wildman–Crippen LogP) is -1.74. The minimum absolute atomic E-state index is 0.0508. The molecular formula is C23H31N5O8. The lowest BCUT2D eigenvalue weighted by Gasteiger charge is -2.24. The van der Waals surface area contributed by atoms with E-state index in [2.05, 4.69) is 21.3 Å². The van der Waals surface area contributed by atoms with Crippen molar-refractivity contribution in [2.45, 2.75) is 62.7 Å². The lowest BCUT2D eigenvalue weighted by molar-refractivity contribution is -0.142. The Morgan fingerprint density at radius 2 is 1.58 bits per heavy atom. The molecule has 0 aliphatic carbocycles. The van der Waals surface area contributed by atoms with Crippen molar-refractivity contribution < 1.29 is 39.0 Å². The molecule has 1 heterocycles. The highest BCUT2D eigenvalue weighted by molar-refractivity contribution is 5.96. The van der Waals surface area contributed by atoms with E-state index in [-0.39, 0.29) is 12.8 Å². The van der Waals surface area contributed by atoms with Crippen LogP contribution in [0.5, 0.6) is 0 Å². The maximum Gasteiger partial charge on any atom is 0.326 e. The Kier molecular flexibility index (Phi) is 10.8. The second-order valence-corrected chi connectivity index (χ2v) is 8.46. The Hall–Kier alpha value is -4.00. The summed E-state index contributed by atoms with van der Waals surface area (Å²) in [5.74, 6) is -5.83. The number of rotatable bonds is 14. The standard InChI is InChI=1S/C23H31N5O8/c24-18(29)12-16(22(34)28-17(23(35)36)11-13-5-2-1-3-6-13)27-21(33)15(8-9-19(30)31)26-20(32)14-7-4-10-25-14/h1-3,5-6,14-17,25H,4,7-12H2,(H2,24,29)(H,26,32)(H,27,33)(H,28,34)(H,30,31)(H,35,36). The molecule has 196 valence electrons. The first-order valence-corrected chi connectivity index (χ1v) is 11.5. The molecule has 8 N–H and O–H groups in total. The average Bonchev–Trinajstić information content (AvgIpc) is 3.36.